The van der Waals surface area contributed by atoms with E-state index in [1.807, 2.05) is 19.4 Å². The summed E-state index contributed by atoms with van der Waals surface area (Å²) in [6, 6.07) is 0. The summed E-state index contributed by atoms with van der Waals surface area (Å²) in [6.07, 6.45) is 6.01. The predicted octanol–water partition coefficient (Wildman–Crippen LogP) is 2.06. The molecular formula is C9H14MoO. The zero-order valence-electron chi connectivity index (χ0n) is 7.09. The van der Waals surface area contributed by atoms with Crippen LogP contribution >= 0.6 is 0 Å². The summed E-state index contributed by atoms with van der Waals surface area (Å²) in [5.74, 6) is 0.676. The van der Waals surface area contributed by atoms with E-state index < -0.39 is 0 Å². The van der Waals surface area contributed by atoms with Crippen molar-refractivity contribution in [2.45, 2.75) is 26.2 Å². The minimum absolute atomic E-state index is 0.676. The standard InChI is InChI=1S/C9H14O.Mo/c1-8-4-3-5-9(6-8)7-10-2;/h4,9H,3,5-6H2,1-2H3;. The van der Waals surface area contributed by atoms with Gasteiger partial charge in [-0.1, -0.05) is 0 Å². The molecule has 0 aromatic carbocycles. The molecule has 1 aliphatic carbocycles. The molecule has 1 unspecified atom stereocenters. The van der Waals surface area contributed by atoms with Crippen molar-refractivity contribution >= 4 is 4.08 Å². The molecule has 0 heterocycles. The fraction of sp³-hybridized carbons (Fsp3) is 0.667. The Bertz CT molecular complexity index is 184. The number of hydrogen-bond acceptors (Lipinski definition) is 1. The summed E-state index contributed by atoms with van der Waals surface area (Å²) in [5.41, 5.74) is 1.51. The fourth-order valence-corrected chi connectivity index (χ4v) is 1.97. The Kier molecular flexibility index (Phi) is 3.68. The molecule has 0 aromatic heterocycles. The molecule has 1 rings (SSSR count). The van der Waals surface area contributed by atoms with Crippen molar-refractivity contribution in [1.29, 1.82) is 0 Å². The zero-order valence-corrected chi connectivity index (χ0v) is 9.10. The second-order valence-electron chi connectivity index (χ2n) is 3.05. The van der Waals surface area contributed by atoms with Gasteiger partial charge in [-0.25, -0.2) is 0 Å². The molecule has 0 fully saturated rings. The van der Waals surface area contributed by atoms with E-state index in [4.69, 9.17) is 4.74 Å². The van der Waals surface area contributed by atoms with E-state index in [1.165, 1.54) is 28.9 Å². The predicted molar refractivity (Wildman–Crippen MR) is 43.1 cm³/mol. The van der Waals surface area contributed by atoms with Crippen molar-refractivity contribution in [2.75, 3.05) is 7.11 Å². The van der Waals surface area contributed by atoms with Gasteiger partial charge in [0.05, 0.1) is 0 Å². The summed E-state index contributed by atoms with van der Waals surface area (Å²) in [4.78, 5) is 0. The molecule has 2 heteroatoms. The molecule has 0 aromatic rings. The van der Waals surface area contributed by atoms with Gasteiger partial charge in [-0.2, -0.15) is 0 Å². The van der Waals surface area contributed by atoms with Crippen LogP contribution in [0.5, 0.6) is 0 Å². The minimum atomic E-state index is 0.676. The Labute approximate surface area is 79.2 Å². The molecule has 0 saturated heterocycles. The normalized spacial score (nSPS) is 24.5. The first-order valence-electron chi connectivity index (χ1n) is 3.97. The first-order valence-corrected chi connectivity index (χ1v) is 4.98. The van der Waals surface area contributed by atoms with E-state index in [0.717, 1.165) is 0 Å². The molecule has 1 aliphatic rings. The maximum absolute atomic E-state index is 5.23. The molecule has 0 amide bonds. The van der Waals surface area contributed by atoms with Crippen LogP contribution in [0.25, 0.3) is 0 Å². The first kappa shape index (κ1) is 9.35. The van der Waals surface area contributed by atoms with Gasteiger partial charge in [0, 0.05) is 0 Å². The van der Waals surface area contributed by atoms with Crippen molar-refractivity contribution in [1.82, 2.24) is 0 Å². The third kappa shape index (κ3) is 2.65. The topological polar surface area (TPSA) is 9.23 Å². The van der Waals surface area contributed by atoms with Gasteiger partial charge in [0.15, 0.2) is 0 Å². The van der Waals surface area contributed by atoms with E-state index in [0.29, 0.717) is 5.92 Å². The Morgan fingerprint density at radius 3 is 3.00 bits per heavy atom. The molecule has 0 bridgehead atoms. The average Bonchev–Trinajstić information content (AvgIpc) is 2.03. The first-order chi connectivity index (χ1) is 5.24. The molecule has 0 aliphatic heterocycles. The summed E-state index contributed by atoms with van der Waals surface area (Å²) in [5, 5.41) is 0. The van der Waals surface area contributed by atoms with Gasteiger partial charge in [-0.05, 0) is 0 Å². The second-order valence-corrected chi connectivity index (χ2v) is 4.04. The van der Waals surface area contributed by atoms with Crippen molar-refractivity contribution in [3.63, 3.8) is 0 Å². The number of allylic oxidation sites excluding steroid dienone is 2. The molecule has 62 valence electrons. The van der Waals surface area contributed by atoms with Gasteiger partial charge in [-0.15, -0.1) is 0 Å². The number of rotatable bonds is 2. The van der Waals surface area contributed by atoms with Crippen LogP contribution in [0.4, 0.5) is 0 Å². The summed E-state index contributed by atoms with van der Waals surface area (Å²) in [7, 11) is 1.77. The van der Waals surface area contributed by atoms with Crippen molar-refractivity contribution in [3.8, 4) is 0 Å². The third-order valence-electron chi connectivity index (χ3n) is 2.11. The Morgan fingerprint density at radius 2 is 2.45 bits per heavy atom. The van der Waals surface area contributed by atoms with Gasteiger partial charge < -0.3 is 0 Å². The third-order valence-corrected chi connectivity index (χ3v) is 3.34. The van der Waals surface area contributed by atoms with Crippen LogP contribution in [0.15, 0.2) is 11.6 Å². The van der Waals surface area contributed by atoms with Crippen LogP contribution in [0, 0.1) is 5.92 Å². The monoisotopic (exact) mass is 236 g/mol. The summed E-state index contributed by atoms with van der Waals surface area (Å²) < 4.78 is 6.43. The van der Waals surface area contributed by atoms with Gasteiger partial charge in [-0.3, -0.25) is 0 Å². The Morgan fingerprint density at radius 1 is 1.73 bits per heavy atom. The zero-order chi connectivity index (χ0) is 8.27. The second kappa shape index (κ2) is 4.33. The van der Waals surface area contributed by atoms with Gasteiger partial charge in [0.1, 0.15) is 0 Å². The summed E-state index contributed by atoms with van der Waals surface area (Å²) >= 11 is 2.01. The van der Waals surface area contributed by atoms with Crippen LogP contribution in [0.3, 0.4) is 0 Å². The average molecular weight is 234 g/mol. The van der Waals surface area contributed by atoms with E-state index in [2.05, 4.69) is 13.0 Å². The van der Waals surface area contributed by atoms with Crippen molar-refractivity contribution in [3.05, 3.63) is 11.6 Å². The SMILES string of the molecule is CO[C](=[Mo])C1CCC=C(C)C1. The molecule has 0 saturated carbocycles. The van der Waals surface area contributed by atoms with Gasteiger partial charge >= 0.3 is 79.0 Å². The van der Waals surface area contributed by atoms with Crippen LogP contribution in [-0.4, -0.2) is 11.2 Å². The van der Waals surface area contributed by atoms with Crippen molar-refractivity contribution < 1.29 is 24.1 Å². The van der Waals surface area contributed by atoms with E-state index in [1.54, 1.807) is 7.11 Å². The molecule has 0 radical (unpaired) electrons. The Balaban J connectivity index is 2.50. The molecule has 11 heavy (non-hydrogen) atoms. The number of ether oxygens (including phenoxy) is 1. The van der Waals surface area contributed by atoms with Crippen LogP contribution in [-0.2, 0) is 24.1 Å². The fourth-order valence-electron chi connectivity index (χ4n) is 1.47. The summed E-state index contributed by atoms with van der Waals surface area (Å²) in [6.45, 7) is 2.20. The van der Waals surface area contributed by atoms with E-state index in [9.17, 15) is 0 Å². The van der Waals surface area contributed by atoms with Gasteiger partial charge in [0.2, 0.25) is 0 Å². The number of methoxy groups -OCH3 is 1. The molecule has 1 nitrogen and oxygen atoms in total. The number of hydrogen-bond donors (Lipinski definition) is 0. The van der Waals surface area contributed by atoms with Gasteiger partial charge in [0.25, 0.3) is 0 Å². The van der Waals surface area contributed by atoms with E-state index in [-0.39, 0.29) is 0 Å². The molecule has 0 spiro atoms. The Hall–Kier alpha value is 0.258. The molecule has 1 atom stereocenters. The van der Waals surface area contributed by atoms with Crippen LogP contribution < -0.4 is 0 Å². The van der Waals surface area contributed by atoms with Crippen LogP contribution in [0.2, 0.25) is 0 Å². The van der Waals surface area contributed by atoms with Crippen molar-refractivity contribution in [2.24, 2.45) is 5.92 Å². The van der Waals surface area contributed by atoms with E-state index >= 15 is 0 Å². The molecule has 0 N–H and O–H groups in total. The quantitative estimate of drug-likeness (QED) is 0.525. The maximum atomic E-state index is 5.23. The molecular weight excluding hydrogens is 220 g/mol. The van der Waals surface area contributed by atoms with Crippen LogP contribution in [0.1, 0.15) is 26.2 Å².